The van der Waals surface area contributed by atoms with Gasteiger partial charge < -0.3 is 4.74 Å². The third kappa shape index (κ3) is 3.94. The zero-order valence-electron chi connectivity index (χ0n) is 13.1. The molecule has 1 aromatic heterocycles. The molecule has 1 aromatic carbocycles. The second-order valence-electron chi connectivity index (χ2n) is 5.45. The number of hydrogen-bond donors (Lipinski definition) is 1. The zero-order chi connectivity index (χ0) is 15.4. The maximum atomic E-state index is 12.0. The average Bonchev–Trinajstić information content (AvgIpc) is 2.44. The zero-order valence-corrected chi connectivity index (χ0v) is 13.1. The number of nitrogens with zero attached hydrogens (tertiary/aromatic N) is 1. The van der Waals surface area contributed by atoms with Crippen LogP contribution in [0.15, 0.2) is 29.1 Å². The highest BCUT2D eigenvalue weighted by molar-refractivity contribution is 5.29. The normalized spacial score (nSPS) is 12.2. The molecule has 4 nitrogen and oxygen atoms in total. The van der Waals surface area contributed by atoms with Crippen molar-refractivity contribution in [1.82, 2.24) is 9.97 Å². The van der Waals surface area contributed by atoms with E-state index in [0.29, 0.717) is 18.0 Å². The summed E-state index contributed by atoms with van der Waals surface area (Å²) in [6, 6.07) is 8.53. The lowest BCUT2D eigenvalue weighted by Crippen LogP contribution is -2.20. The average molecular weight is 286 g/mol. The highest BCUT2D eigenvalue weighted by Crippen LogP contribution is 2.14. The van der Waals surface area contributed by atoms with Crippen LogP contribution in [0.4, 0.5) is 0 Å². The highest BCUT2D eigenvalue weighted by Gasteiger charge is 2.11. The molecule has 2 aromatic rings. The van der Waals surface area contributed by atoms with E-state index in [4.69, 9.17) is 4.74 Å². The summed E-state index contributed by atoms with van der Waals surface area (Å²) in [5.74, 6) is 0. The Morgan fingerprint density at radius 1 is 1.33 bits per heavy atom. The van der Waals surface area contributed by atoms with Crippen molar-refractivity contribution in [2.24, 2.45) is 0 Å². The molecule has 1 N–H and O–H groups in total. The Hall–Kier alpha value is -2.10. The molecule has 112 valence electrons. The maximum absolute atomic E-state index is 12.0. The van der Waals surface area contributed by atoms with Crippen molar-refractivity contribution in [1.29, 1.82) is 0 Å². The van der Waals surface area contributed by atoms with Gasteiger partial charge in [-0.1, -0.05) is 36.8 Å². The van der Waals surface area contributed by atoms with Crippen LogP contribution >= 0.6 is 0 Å². The molecule has 21 heavy (non-hydrogen) atoms. The number of rotatable bonds is 5. The number of aromatic amines is 1. The number of aromatic nitrogens is 2. The molecule has 0 amide bonds. The smallest absolute Gasteiger partial charge is 0.296 e. The number of H-pyrrole nitrogens is 1. The van der Waals surface area contributed by atoms with Gasteiger partial charge in [0.05, 0.1) is 11.8 Å². The summed E-state index contributed by atoms with van der Waals surface area (Å²) in [7, 11) is 0. The molecule has 0 fully saturated rings. The van der Waals surface area contributed by atoms with E-state index in [-0.39, 0.29) is 11.7 Å². The molecule has 4 heteroatoms. The van der Waals surface area contributed by atoms with Gasteiger partial charge in [-0.3, -0.25) is 9.78 Å². The first-order valence-corrected chi connectivity index (χ1v) is 7.31. The van der Waals surface area contributed by atoms with Crippen LogP contribution in [0.3, 0.4) is 0 Å². The Morgan fingerprint density at radius 2 is 2.10 bits per heavy atom. The monoisotopic (exact) mass is 286 g/mol. The Labute approximate surface area is 125 Å². The number of hydrogen-bond acceptors (Lipinski definition) is 3. The highest BCUT2D eigenvalue weighted by atomic mass is 16.5. The van der Waals surface area contributed by atoms with Crippen LogP contribution in [0.2, 0.25) is 0 Å². The Morgan fingerprint density at radius 3 is 2.76 bits per heavy atom. The molecule has 0 aliphatic heterocycles. The molecule has 0 bridgehead atoms. The van der Waals surface area contributed by atoms with Gasteiger partial charge in [-0.25, -0.2) is 4.98 Å². The van der Waals surface area contributed by atoms with Gasteiger partial charge in [0.15, 0.2) is 0 Å². The second-order valence-corrected chi connectivity index (χ2v) is 5.45. The van der Waals surface area contributed by atoms with Gasteiger partial charge in [0.25, 0.3) is 11.6 Å². The molecule has 0 radical (unpaired) electrons. The maximum Gasteiger partial charge on any atom is 0.296 e. The van der Waals surface area contributed by atoms with Crippen molar-refractivity contribution in [2.45, 2.75) is 46.6 Å². The van der Waals surface area contributed by atoms with E-state index in [1.807, 2.05) is 26.0 Å². The van der Waals surface area contributed by atoms with Crippen molar-refractivity contribution in [3.8, 4) is 6.01 Å². The minimum atomic E-state index is -0.133. The van der Waals surface area contributed by atoms with Crippen LogP contribution < -0.4 is 10.3 Å². The van der Waals surface area contributed by atoms with Crippen molar-refractivity contribution >= 4 is 0 Å². The van der Waals surface area contributed by atoms with Gasteiger partial charge in [-0.2, -0.15) is 0 Å². The minimum Gasteiger partial charge on any atom is -0.462 e. The van der Waals surface area contributed by atoms with Gasteiger partial charge in [0.1, 0.15) is 0 Å². The quantitative estimate of drug-likeness (QED) is 0.918. The molecule has 1 heterocycles. The van der Waals surface area contributed by atoms with Crippen LogP contribution in [0.25, 0.3) is 0 Å². The number of aryl methyl sites for hydroxylation is 1. The third-order valence-electron chi connectivity index (χ3n) is 3.57. The molecule has 1 atom stereocenters. The van der Waals surface area contributed by atoms with E-state index >= 15 is 0 Å². The predicted octanol–water partition coefficient (Wildman–Crippen LogP) is 3.15. The topological polar surface area (TPSA) is 55.0 Å². The van der Waals surface area contributed by atoms with E-state index in [1.165, 1.54) is 5.56 Å². The first kappa shape index (κ1) is 15.3. The van der Waals surface area contributed by atoms with Gasteiger partial charge in [-0.15, -0.1) is 0 Å². The van der Waals surface area contributed by atoms with Crippen molar-refractivity contribution in [3.63, 3.8) is 0 Å². The molecular weight excluding hydrogens is 264 g/mol. The van der Waals surface area contributed by atoms with Crippen LogP contribution in [-0.2, 0) is 6.42 Å². The first-order chi connectivity index (χ1) is 9.99. The van der Waals surface area contributed by atoms with Gasteiger partial charge in [-0.05, 0) is 32.8 Å². The third-order valence-corrected chi connectivity index (χ3v) is 3.57. The lowest BCUT2D eigenvalue weighted by molar-refractivity contribution is 0.198. The summed E-state index contributed by atoms with van der Waals surface area (Å²) in [5, 5.41) is 0. The van der Waals surface area contributed by atoms with Gasteiger partial charge in [0.2, 0.25) is 0 Å². The summed E-state index contributed by atoms with van der Waals surface area (Å²) in [6.45, 7) is 7.84. The predicted molar refractivity (Wildman–Crippen MR) is 84.0 cm³/mol. The van der Waals surface area contributed by atoms with Crippen molar-refractivity contribution in [2.75, 3.05) is 0 Å². The second kappa shape index (κ2) is 6.57. The lowest BCUT2D eigenvalue weighted by atomic mass is 10.0. The molecule has 0 spiro atoms. The van der Waals surface area contributed by atoms with Crippen molar-refractivity contribution < 1.29 is 4.74 Å². The van der Waals surface area contributed by atoms with E-state index < -0.39 is 0 Å². The molecule has 2 rings (SSSR count). The van der Waals surface area contributed by atoms with Gasteiger partial charge in [0, 0.05) is 12.0 Å². The molecule has 0 saturated heterocycles. The SMILES string of the molecule is CCC(C)Oc1nc(Cc2cccc(C)c2)c(C)c(=O)[nH]1. The van der Waals surface area contributed by atoms with Crippen LogP contribution in [0.1, 0.15) is 42.7 Å². The fraction of sp³-hybridized carbons (Fsp3) is 0.412. The van der Waals surface area contributed by atoms with Crippen LogP contribution in [0, 0.1) is 13.8 Å². The Kier molecular flexibility index (Phi) is 4.78. The largest absolute Gasteiger partial charge is 0.462 e. The number of ether oxygens (including phenoxy) is 1. The van der Waals surface area contributed by atoms with Crippen LogP contribution in [-0.4, -0.2) is 16.1 Å². The van der Waals surface area contributed by atoms with Crippen molar-refractivity contribution in [3.05, 3.63) is 57.0 Å². The summed E-state index contributed by atoms with van der Waals surface area (Å²) in [5.41, 5.74) is 3.62. The molecule has 0 aliphatic carbocycles. The first-order valence-electron chi connectivity index (χ1n) is 7.31. The molecule has 0 saturated carbocycles. The van der Waals surface area contributed by atoms with Gasteiger partial charge >= 0.3 is 0 Å². The summed E-state index contributed by atoms with van der Waals surface area (Å²) < 4.78 is 5.63. The standard InChI is InChI=1S/C17H22N2O2/c1-5-12(3)21-17-18-15(13(4)16(20)19-17)10-14-8-6-7-11(2)9-14/h6-9,12H,5,10H2,1-4H3,(H,18,19,20). The summed E-state index contributed by atoms with van der Waals surface area (Å²) >= 11 is 0. The Bertz CT molecular complexity index is 677. The summed E-state index contributed by atoms with van der Waals surface area (Å²) in [6.07, 6.45) is 1.53. The minimum absolute atomic E-state index is 0.0303. The molecule has 0 aliphatic rings. The van der Waals surface area contributed by atoms with Crippen LogP contribution in [0.5, 0.6) is 6.01 Å². The molecule has 1 unspecified atom stereocenters. The van der Waals surface area contributed by atoms with E-state index in [1.54, 1.807) is 6.92 Å². The van der Waals surface area contributed by atoms with E-state index in [2.05, 4.69) is 29.0 Å². The fourth-order valence-electron chi connectivity index (χ4n) is 2.07. The number of nitrogens with one attached hydrogen (secondary N) is 1. The Balaban J connectivity index is 2.32. The summed E-state index contributed by atoms with van der Waals surface area (Å²) in [4.78, 5) is 19.2. The number of benzene rings is 1. The lowest BCUT2D eigenvalue weighted by Gasteiger charge is -2.13. The fourth-order valence-corrected chi connectivity index (χ4v) is 2.07. The van der Waals surface area contributed by atoms with E-state index in [9.17, 15) is 4.79 Å². The molecular formula is C17H22N2O2. The van der Waals surface area contributed by atoms with E-state index in [0.717, 1.165) is 17.7 Å².